The summed E-state index contributed by atoms with van der Waals surface area (Å²) in [6.07, 6.45) is 9.67. The summed E-state index contributed by atoms with van der Waals surface area (Å²) in [5.41, 5.74) is 6.55. The second-order valence-electron chi connectivity index (χ2n) is 6.33. The number of rotatable bonds is 7. The predicted molar refractivity (Wildman–Crippen MR) is 80.2 cm³/mol. The number of carbonyl (C=O) groups is 1. The number of hydrogen-bond acceptors (Lipinski definition) is 4. The monoisotopic (exact) mass is 285 g/mol. The zero-order valence-corrected chi connectivity index (χ0v) is 12.8. The summed E-state index contributed by atoms with van der Waals surface area (Å²) in [6, 6.07) is 0.347. The number of esters is 1. The van der Waals surface area contributed by atoms with Gasteiger partial charge in [-0.1, -0.05) is 19.3 Å². The predicted octanol–water partition coefficient (Wildman–Crippen LogP) is 2.97. The molecule has 1 atom stereocenters. The van der Waals surface area contributed by atoms with Crippen molar-refractivity contribution in [3.05, 3.63) is 0 Å². The Kier molecular flexibility index (Phi) is 5.58. The topological polar surface area (TPSA) is 52.3 Å². The zero-order valence-electron chi connectivity index (χ0n) is 12.0. The van der Waals surface area contributed by atoms with Gasteiger partial charge in [-0.2, -0.15) is 11.8 Å². The molecule has 3 nitrogen and oxygen atoms in total. The Morgan fingerprint density at radius 3 is 2.63 bits per heavy atom. The maximum Gasteiger partial charge on any atom is 0.306 e. The summed E-state index contributed by atoms with van der Waals surface area (Å²) < 4.78 is 4.78. The van der Waals surface area contributed by atoms with Gasteiger partial charge in [-0.3, -0.25) is 4.79 Å². The number of nitrogens with two attached hydrogens (primary N) is 1. The minimum absolute atomic E-state index is 0.0605. The van der Waals surface area contributed by atoms with E-state index in [-0.39, 0.29) is 11.4 Å². The average molecular weight is 285 g/mol. The lowest BCUT2D eigenvalue weighted by atomic mass is 9.85. The van der Waals surface area contributed by atoms with E-state index in [1.54, 1.807) is 0 Å². The fourth-order valence-electron chi connectivity index (χ4n) is 3.04. The van der Waals surface area contributed by atoms with Gasteiger partial charge in [0.25, 0.3) is 0 Å². The van der Waals surface area contributed by atoms with E-state index in [0.717, 1.165) is 17.4 Å². The van der Waals surface area contributed by atoms with Crippen molar-refractivity contribution >= 4 is 17.7 Å². The van der Waals surface area contributed by atoms with Crippen molar-refractivity contribution in [1.29, 1.82) is 0 Å². The number of hydrogen-bond donors (Lipinski definition) is 1. The van der Waals surface area contributed by atoms with Crippen molar-refractivity contribution in [1.82, 2.24) is 0 Å². The normalized spacial score (nSPS) is 23.9. The van der Waals surface area contributed by atoms with Gasteiger partial charge in [0.05, 0.1) is 13.5 Å². The van der Waals surface area contributed by atoms with Gasteiger partial charge in [-0.15, -0.1) is 0 Å². The molecule has 0 spiro atoms. The van der Waals surface area contributed by atoms with E-state index in [9.17, 15) is 4.79 Å². The molecule has 2 saturated carbocycles. The lowest BCUT2D eigenvalue weighted by molar-refractivity contribution is -0.141. The molecule has 2 fully saturated rings. The summed E-state index contributed by atoms with van der Waals surface area (Å²) >= 11 is 1.94. The van der Waals surface area contributed by atoms with E-state index in [4.69, 9.17) is 10.5 Å². The fraction of sp³-hybridized carbons (Fsp3) is 0.933. The molecule has 2 aliphatic rings. The Bertz CT molecular complexity index is 299. The number of carbonyl (C=O) groups excluding carboxylic acids is 1. The van der Waals surface area contributed by atoms with Crippen LogP contribution in [0.25, 0.3) is 0 Å². The van der Waals surface area contributed by atoms with Crippen molar-refractivity contribution in [3.8, 4) is 0 Å². The molecule has 0 radical (unpaired) electrons. The van der Waals surface area contributed by atoms with Crippen molar-refractivity contribution in [2.24, 2.45) is 17.1 Å². The molecular weight excluding hydrogens is 258 g/mol. The van der Waals surface area contributed by atoms with Gasteiger partial charge in [0, 0.05) is 11.8 Å². The number of methoxy groups -OCH3 is 1. The average Bonchev–Trinajstić information content (AvgIpc) is 3.19. The van der Waals surface area contributed by atoms with Crippen LogP contribution in [0, 0.1) is 11.3 Å². The molecule has 4 heteroatoms. The molecule has 2 rings (SSSR count). The van der Waals surface area contributed by atoms with Crippen LogP contribution in [0.2, 0.25) is 0 Å². The Labute approximate surface area is 121 Å². The van der Waals surface area contributed by atoms with Crippen molar-refractivity contribution in [3.63, 3.8) is 0 Å². The molecule has 0 aromatic rings. The molecule has 2 N–H and O–H groups in total. The first-order valence-electron chi connectivity index (χ1n) is 7.55. The van der Waals surface area contributed by atoms with E-state index < -0.39 is 0 Å². The molecule has 110 valence electrons. The highest BCUT2D eigenvalue weighted by Crippen LogP contribution is 2.51. The lowest BCUT2D eigenvalue weighted by Crippen LogP contribution is -2.34. The first-order valence-corrected chi connectivity index (χ1v) is 8.71. The molecule has 0 amide bonds. The van der Waals surface area contributed by atoms with E-state index in [1.807, 2.05) is 11.8 Å². The smallest absolute Gasteiger partial charge is 0.306 e. The Morgan fingerprint density at radius 2 is 2.05 bits per heavy atom. The summed E-state index contributed by atoms with van der Waals surface area (Å²) in [6.45, 7) is 0. The molecule has 1 unspecified atom stereocenters. The van der Waals surface area contributed by atoms with E-state index >= 15 is 0 Å². The van der Waals surface area contributed by atoms with Gasteiger partial charge in [0.15, 0.2) is 0 Å². The molecule has 0 saturated heterocycles. The van der Waals surface area contributed by atoms with Crippen LogP contribution in [-0.4, -0.2) is 30.6 Å². The molecule has 0 aromatic heterocycles. The minimum atomic E-state index is -0.0605. The largest absolute Gasteiger partial charge is 0.469 e. The molecule has 0 aromatic carbocycles. The molecule has 0 aliphatic heterocycles. The standard InChI is InChI=1S/C15H27NO2S/c1-18-14(17)9-15(7-8-15)11-19-10-13(16)12-5-3-2-4-6-12/h12-13H,2-11,16H2,1H3. The third-order valence-electron chi connectivity index (χ3n) is 4.68. The van der Waals surface area contributed by atoms with Gasteiger partial charge in [-0.25, -0.2) is 0 Å². The van der Waals surface area contributed by atoms with E-state index in [2.05, 4.69) is 0 Å². The summed E-state index contributed by atoms with van der Waals surface area (Å²) in [4.78, 5) is 11.4. The first kappa shape index (κ1) is 15.2. The third-order valence-corrected chi connectivity index (χ3v) is 6.12. The maximum absolute atomic E-state index is 11.4. The van der Waals surface area contributed by atoms with Crippen molar-refractivity contribution in [2.45, 2.75) is 57.4 Å². The van der Waals surface area contributed by atoms with E-state index in [1.165, 1.54) is 52.1 Å². The van der Waals surface area contributed by atoms with Gasteiger partial charge in [-0.05, 0) is 42.8 Å². The molecular formula is C15H27NO2S. The second-order valence-corrected chi connectivity index (χ2v) is 7.36. The number of thioether (sulfide) groups is 1. The molecule has 0 heterocycles. The highest BCUT2D eigenvalue weighted by atomic mass is 32.2. The maximum atomic E-state index is 11.4. The highest BCUT2D eigenvalue weighted by molar-refractivity contribution is 7.99. The lowest BCUT2D eigenvalue weighted by Gasteiger charge is -2.27. The first-order chi connectivity index (χ1) is 9.15. The summed E-state index contributed by atoms with van der Waals surface area (Å²) in [5.74, 6) is 2.79. The number of ether oxygens (including phenoxy) is 1. The van der Waals surface area contributed by atoms with E-state index in [0.29, 0.717) is 12.5 Å². The highest BCUT2D eigenvalue weighted by Gasteiger charge is 2.44. The van der Waals surface area contributed by atoms with Gasteiger partial charge in [0.2, 0.25) is 0 Å². The second kappa shape index (κ2) is 6.98. The van der Waals surface area contributed by atoms with Crippen LogP contribution < -0.4 is 5.73 Å². The quantitative estimate of drug-likeness (QED) is 0.731. The fourth-order valence-corrected chi connectivity index (χ4v) is 4.52. The Balaban J connectivity index is 1.64. The van der Waals surface area contributed by atoms with Crippen LogP contribution in [0.3, 0.4) is 0 Å². The SMILES string of the molecule is COC(=O)CC1(CSCC(N)C2CCCCC2)CC1. The van der Waals surface area contributed by atoms with Gasteiger partial charge < -0.3 is 10.5 Å². The van der Waals surface area contributed by atoms with Crippen LogP contribution in [0.4, 0.5) is 0 Å². The Hall–Kier alpha value is -0.220. The summed E-state index contributed by atoms with van der Waals surface area (Å²) in [5, 5.41) is 0. The van der Waals surface area contributed by atoms with Crippen molar-refractivity contribution in [2.75, 3.05) is 18.6 Å². The molecule has 0 bridgehead atoms. The van der Waals surface area contributed by atoms with Gasteiger partial charge >= 0.3 is 5.97 Å². The molecule has 19 heavy (non-hydrogen) atoms. The van der Waals surface area contributed by atoms with Crippen LogP contribution in [-0.2, 0) is 9.53 Å². The van der Waals surface area contributed by atoms with Crippen LogP contribution in [0.5, 0.6) is 0 Å². The summed E-state index contributed by atoms with van der Waals surface area (Å²) in [7, 11) is 1.48. The van der Waals surface area contributed by atoms with Crippen LogP contribution in [0.15, 0.2) is 0 Å². The molecule has 2 aliphatic carbocycles. The van der Waals surface area contributed by atoms with Crippen LogP contribution in [0.1, 0.15) is 51.4 Å². The van der Waals surface area contributed by atoms with Crippen molar-refractivity contribution < 1.29 is 9.53 Å². The Morgan fingerprint density at radius 1 is 1.37 bits per heavy atom. The zero-order chi connectivity index (χ0) is 13.7. The van der Waals surface area contributed by atoms with Gasteiger partial charge in [0.1, 0.15) is 0 Å². The third kappa shape index (κ3) is 4.67. The minimum Gasteiger partial charge on any atom is -0.469 e. The van der Waals surface area contributed by atoms with Crippen LogP contribution >= 0.6 is 11.8 Å².